The van der Waals surface area contributed by atoms with Crippen molar-refractivity contribution in [3.8, 4) is 77.9 Å². The number of fused-ring (bicyclic) bond motifs is 3. The van der Waals surface area contributed by atoms with Gasteiger partial charge < -0.3 is 0 Å². The Morgan fingerprint density at radius 1 is 0.266 bits per heavy atom. The van der Waals surface area contributed by atoms with Crippen molar-refractivity contribution in [3.05, 3.63) is 242 Å². The quantitative estimate of drug-likeness (QED) is 0.0769. The summed E-state index contributed by atoms with van der Waals surface area (Å²) in [6.45, 7) is 0. The number of alkyl halides is 3. The van der Waals surface area contributed by atoms with Crippen LogP contribution < -0.4 is 0 Å². The average Bonchev–Trinajstić information content (AvgIpc) is 3.36. The Hall–Kier alpha value is -7.07. The van der Waals surface area contributed by atoms with Crippen molar-refractivity contribution >= 4 is 52.1 Å². The van der Waals surface area contributed by atoms with Crippen molar-refractivity contribution in [3.63, 3.8) is 0 Å². The minimum atomic E-state index is -0.894. The predicted molar refractivity (Wildman–Crippen MR) is 287 cm³/mol. The first-order valence-corrected chi connectivity index (χ1v) is 27.9. The van der Waals surface area contributed by atoms with Gasteiger partial charge in [-0.3, -0.25) is 0 Å². The van der Waals surface area contributed by atoms with Gasteiger partial charge in [-0.05, 0) is 67.1 Å². The molecule has 0 aliphatic heterocycles. The molecule has 0 radical (unpaired) electrons. The molecule has 0 heterocycles. The third-order valence-corrected chi connectivity index (χ3v) is 15.1. The van der Waals surface area contributed by atoms with Gasteiger partial charge in [-0.25, -0.2) is 0 Å². The zero-order valence-electron chi connectivity index (χ0n) is 36.1. The summed E-state index contributed by atoms with van der Waals surface area (Å²) >= 11 is -0.894. The van der Waals surface area contributed by atoms with Gasteiger partial charge in [0.05, 0.1) is 0 Å². The molecular weight excluding hydrogens is 884 g/mol. The van der Waals surface area contributed by atoms with Gasteiger partial charge in [-0.1, -0.05) is 140 Å². The molecule has 0 bridgehead atoms. The van der Waals surface area contributed by atoms with Crippen LogP contribution in [0.1, 0.15) is 5.56 Å². The first-order chi connectivity index (χ1) is 31.6. The molecule has 11 aromatic carbocycles. The van der Waals surface area contributed by atoms with Crippen molar-refractivity contribution in [1.82, 2.24) is 0 Å². The monoisotopic (exact) mass is 930 g/mol. The molecule has 0 aromatic heterocycles. The molecule has 0 N–H and O–H groups in total. The van der Waals surface area contributed by atoms with E-state index in [0.29, 0.717) is 0 Å². The summed E-state index contributed by atoms with van der Waals surface area (Å²) in [5.41, 5.74) is 18.6. The van der Waals surface area contributed by atoms with E-state index >= 15 is 0 Å². The topological polar surface area (TPSA) is 0 Å². The van der Waals surface area contributed by atoms with Crippen LogP contribution >= 0.6 is 19.8 Å². The number of hydrogen-bond donors (Lipinski definition) is 0. The summed E-state index contributed by atoms with van der Waals surface area (Å²) < 4.78 is 1.23. The molecular formula is C63H47I. The van der Waals surface area contributed by atoms with Gasteiger partial charge in [0, 0.05) is 0 Å². The molecule has 0 saturated heterocycles. The molecule has 0 amide bonds. The SMILES string of the molecule is CI(C)Cc1ccc(-c2c3ccccc3c(-c3ccc4ccc(-c5ccccc5-c5ccccc5)c(-c5ccccc5-c5cccc(-c6ccccc6)c5)c4c3)c3ccccc23)cc1. The van der Waals surface area contributed by atoms with Crippen LogP contribution in [-0.4, -0.2) is 9.86 Å². The van der Waals surface area contributed by atoms with Gasteiger partial charge in [0.25, 0.3) is 0 Å². The second-order valence-corrected chi connectivity index (χ2v) is 22.9. The van der Waals surface area contributed by atoms with Crippen molar-refractivity contribution in [2.24, 2.45) is 0 Å². The molecule has 0 unspecified atom stereocenters. The first-order valence-electron chi connectivity index (χ1n) is 22.0. The van der Waals surface area contributed by atoms with Crippen LogP contribution in [0.2, 0.25) is 0 Å². The second kappa shape index (κ2) is 17.2. The summed E-state index contributed by atoms with van der Waals surface area (Å²) in [4.78, 5) is 4.89. The molecule has 64 heavy (non-hydrogen) atoms. The maximum atomic E-state index is 2.48. The Kier molecular flexibility index (Phi) is 10.7. The number of halogens is 1. The van der Waals surface area contributed by atoms with Gasteiger partial charge in [-0.15, -0.1) is 0 Å². The third-order valence-electron chi connectivity index (χ3n) is 12.7. The summed E-state index contributed by atoms with van der Waals surface area (Å²) in [6.07, 6.45) is 0. The van der Waals surface area contributed by atoms with E-state index in [2.05, 4.69) is 246 Å². The molecule has 0 aliphatic rings. The van der Waals surface area contributed by atoms with E-state index in [9.17, 15) is 0 Å². The Labute approximate surface area is 383 Å². The van der Waals surface area contributed by atoms with Crippen LogP contribution in [0.3, 0.4) is 0 Å². The van der Waals surface area contributed by atoms with E-state index in [1.54, 1.807) is 0 Å². The van der Waals surface area contributed by atoms with Crippen LogP contribution in [-0.2, 0) is 4.43 Å². The van der Waals surface area contributed by atoms with Gasteiger partial charge >= 0.3 is 180 Å². The molecule has 11 rings (SSSR count). The van der Waals surface area contributed by atoms with Crippen molar-refractivity contribution in [2.45, 2.75) is 4.43 Å². The van der Waals surface area contributed by atoms with Gasteiger partial charge in [0.1, 0.15) is 0 Å². The first kappa shape index (κ1) is 39.8. The zero-order chi connectivity index (χ0) is 43.0. The standard InChI is InChI=1S/C63H47I/c1-64(2)42-43-32-34-47(35-33-43)61-55-28-13-15-30-57(55)62(58-31-16-14-29-56(58)61)50-37-36-46-38-39-59(53-26-11-9-24-51(53)45-20-7-4-8-21-45)63(60(46)41-50)54-27-12-10-25-52(54)49-23-17-22-48(40-49)44-18-5-3-6-19-44/h3-41H,42H2,1-2H3. The Balaban J connectivity index is 1.19. The fraction of sp³-hybridized carbons (Fsp3) is 0.0476. The molecule has 0 fully saturated rings. The molecule has 0 saturated carbocycles. The average molecular weight is 931 g/mol. The summed E-state index contributed by atoms with van der Waals surface area (Å²) in [5, 5.41) is 7.52. The molecule has 0 aliphatic carbocycles. The van der Waals surface area contributed by atoms with Crippen molar-refractivity contribution in [2.75, 3.05) is 9.86 Å². The molecule has 11 aromatic rings. The van der Waals surface area contributed by atoms with Gasteiger partial charge in [-0.2, -0.15) is 0 Å². The molecule has 0 atom stereocenters. The number of rotatable bonds is 9. The van der Waals surface area contributed by atoms with Gasteiger partial charge in [0.2, 0.25) is 0 Å². The van der Waals surface area contributed by atoms with Gasteiger partial charge in [0.15, 0.2) is 0 Å². The maximum absolute atomic E-state index is 2.48. The Morgan fingerprint density at radius 3 is 1.36 bits per heavy atom. The van der Waals surface area contributed by atoms with E-state index in [4.69, 9.17) is 0 Å². The fourth-order valence-electron chi connectivity index (χ4n) is 9.85. The summed E-state index contributed by atoms with van der Waals surface area (Å²) in [5.74, 6) is 0. The molecule has 0 spiro atoms. The van der Waals surface area contributed by atoms with Crippen LogP contribution in [0.15, 0.2) is 237 Å². The fourth-order valence-corrected chi connectivity index (χ4v) is 12.1. The minimum absolute atomic E-state index is 0.894. The van der Waals surface area contributed by atoms with E-state index in [0.717, 1.165) is 0 Å². The normalized spacial score (nSPS) is 11.6. The molecule has 1 heteroatoms. The van der Waals surface area contributed by atoms with Crippen LogP contribution in [0, 0.1) is 0 Å². The van der Waals surface area contributed by atoms with Crippen molar-refractivity contribution in [1.29, 1.82) is 0 Å². The molecule has 306 valence electrons. The summed E-state index contributed by atoms with van der Waals surface area (Å²) in [7, 11) is 0. The summed E-state index contributed by atoms with van der Waals surface area (Å²) in [6, 6.07) is 87.8. The zero-order valence-corrected chi connectivity index (χ0v) is 38.3. The van der Waals surface area contributed by atoms with E-state index in [1.165, 1.54) is 120 Å². The van der Waals surface area contributed by atoms with E-state index in [1.807, 2.05) is 0 Å². The second-order valence-electron chi connectivity index (χ2n) is 16.9. The number of hydrogen-bond acceptors (Lipinski definition) is 0. The molecule has 0 nitrogen and oxygen atoms in total. The third kappa shape index (κ3) is 7.40. The van der Waals surface area contributed by atoms with E-state index < -0.39 is 19.8 Å². The van der Waals surface area contributed by atoms with Crippen LogP contribution in [0.5, 0.6) is 0 Å². The van der Waals surface area contributed by atoms with E-state index in [-0.39, 0.29) is 0 Å². The number of benzene rings is 11. The predicted octanol–water partition coefficient (Wildman–Crippen LogP) is 18.1. The van der Waals surface area contributed by atoms with Crippen LogP contribution in [0.4, 0.5) is 0 Å². The van der Waals surface area contributed by atoms with Crippen molar-refractivity contribution < 1.29 is 0 Å². The van der Waals surface area contributed by atoms with Crippen LogP contribution in [0.25, 0.3) is 110 Å². The Bertz CT molecular complexity index is 3420. The Morgan fingerprint density at radius 2 is 0.734 bits per heavy atom.